The van der Waals surface area contributed by atoms with E-state index in [2.05, 4.69) is 16.9 Å². The number of carbonyl (C=O) groups is 2. The zero-order valence-electron chi connectivity index (χ0n) is 14.8. The second kappa shape index (κ2) is 9.03. The van der Waals surface area contributed by atoms with Crippen LogP contribution in [0.2, 0.25) is 5.02 Å². The van der Waals surface area contributed by atoms with Crippen LogP contribution in [0.3, 0.4) is 0 Å². The first kappa shape index (κ1) is 20.1. The standard InChI is InChI=1S/C20H17ClFN3O2S/c1-2-11-25-18(26)12-17(19(27)23-15-9-5-14(22)6-10-15)28-20(25)24-16-7-3-13(21)4-8-16/h2-10,17H,1,11-12H2,(H,23,27). The van der Waals surface area contributed by atoms with Crippen molar-refractivity contribution in [2.75, 3.05) is 11.9 Å². The van der Waals surface area contributed by atoms with Crippen LogP contribution in [0.1, 0.15) is 6.42 Å². The van der Waals surface area contributed by atoms with Crippen molar-refractivity contribution in [3.05, 3.63) is 72.0 Å². The molecular weight excluding hydrogens is 401 g/mol. The largest absolute Gasteiger partial charge is 0.325 e. The van der Waals surface area contributed by atoms with Crippen molar-refractivity contribution in [2.24, 2.45) is 4.99 Å². The number of thioether (sulfide) groups is 1. The van der Waals surface area contributed by atoms with Gasteiger partial charge in [0.2, 0.25) is 11.8 Å². The summed E-state index contributed by atoms with van der Waals surface area (Å²) in [6.07, 6.45) is 1.64. The first-order valence-electron chi connectivity index (χ1n) is 8.45. The number of nitrogens with one attached hydrogen (secondary N) is 1. The molecule has 3 rings (SSSR count). The molecule has 5 nitrogen and oxygen atoms in total. The molecule has 1 saturated heterocycles. The number of anilines is 1. The molecule has 8 heteroatoms. The fraction of sp³-hybridized carbons (Fsp3) is 0.150. The highest BCUT2D eigenvalue weighted by Crippen LogP contribution is 2.30. The van der Waals surface area contributed by atoms with Crippen molar-refractivity contribution in [1.82, 2.24) is 4.90 Å². The minimum Gasteiger partial charge on any atom is -0.325 e. The van der Waals surface area contributed by atoms with E-state index in [1.807, 2.05) is 0 Å². The number of carbonyl (C=O) groups excluding carboxylic acids is 2. The Balaban J connectivity index is 1.81. The summed E-state index contributed by atoms with van der Waals surface area (Å²) in [7, 11) is 0. The number of nitrogens with zero attached hydrogens (tertiary/aromatic N) is 2. The van der Waals surface area contributed by atoms with Gasteiger partial charge in [0.1, 0.15) is 11.1 Å². The molecule has 0 saturated carbocycles. The van der Waals surface area contributed by atoms with Crippen LogP contribution in [-0.4, -0.2) is 33.7 Å². The average Bonchev–Trinajstić information content (AvgIpc) is 2.68. The quantitative estimate of drug-likeness (QED) is 0.722. The Morgan fingerprint density at radius 2 is 1.96 bits per heavy atom. The van der Waals surface area contributed by atoms with Crippen LogP contribution < -0.4 is 5.32 Å². The molecule has 0 spiro atoms. The fourth-order valence-corrected chi connectivity index (χ4v) is 3.77. The third kappa shape index (κ3) is 4.99. The van der Waals surface area contributed by atoms with E-state index < -0.39 is 11.1 Å². The molecule has 1 unspecified atom stereocenters. The molecule has 0 aliphatic carbocycles. The molecule has 2 aromatic rings. The number of amides is 2. The van der Waals surface area contributed by atoms with Gasteiger partial charge in [0.25, 0.3) is 0 Å². The Kier molecular flexibility index (Phi) is 6.49. The van der Waals surface area contributed by atoms with E-state index in [9.17, 15) is 14.0 Å². The highest BCUT2D eigenvalue weighted by Gasteiger charge is 2.35. The highest BCUT2D eigenvalue weighted by atomic mass is 35.5. The Hall–Kier alpha value is -2.64. The van der Waals surface area contributed by atoms with Gasteiger partial charge in [-0.15, -0.1) is 6.58 Å². The number of hydrogen-bond acceptors (Lipinski definition) is 4. The van der Waals surface area contributed by atoms with E-state index in [0.29, 0.717) is 28.1 Å². The molecule has 0 bridgehead atoms. The molecular formula is C20H17ClFN3O2S. The Labute approximate surface area is 171 Å². The van der Waals surface area contributed by atoms with E-state index in [1.54, 1.807) is 30.3 Å². The van der Waals surface area contributed by atoms with Gasteiger partial charge >= 0.3 is 0 Å². The Morgan fingerprint density at radius 3 is 2.61 bits per heavy atom. The second-order valence-electron chi connectivity index (χ2n) is 5.97. The fourth-order valence-electron chi connectivity index (χ4n) is 2.53. The number of hydrogen-bond donors (Lipinski definition) is 1. The van der Waals surface area contributed by atoms with Crippen molar-refractivity contribution in [1.29, 1.82) is 0 Å². The molecule has 0 aromatic heterocycles. The average molecular weight is 418 g/mol. The Morgan fingerprint density at radius 1 is 1.29 bits per heavy atom. The topological polar surface area (TPSA) is 61.8 Å². The number of amidine groups is 1. The number of benzene rings is 2. The summed E-state index contributed by atoms with van der Waals surface area (Å²) in [6.45, 7) is 3.97. The van der Waals surface area contributed by atoms with Crippen molar-refractivity contribution in [3.8, 4) is 0 Å². The van der Waals surface area contributed by atoms with Gasteiger partial charge in [-0.25, -0.2) is 9.38 Å². The van der Waals surface area contributed by atoms with Crippen LogP contribution in [-0.2, 0) is 9.59 Å². The van der Waals surface area contributed by atoms with Gasteiger partial charge in [-0.2, -0.15) is 0 Å². The monoisotopic (exact) mass is 417 g/mol. The van der Waals surface area contributed by atoms with E-state index >= 15 is 0 Å². The number of rotatable bonds is 5. The molecule has 1 fully saturated rings. The SMILES string of the molecule is C=CCN1C(=O)CC(C(=O)Nc2ccc(F)cc2)SC1=Nc1ccc(Cl)cc1. The second-order valence-corrected chi connectivity index (χ2v) is 7.58. The van der Waals surface area contributed by atoms with E-state index in [0.717, 1.165) is 0 Å². The van der Waals surface area contributed by atoms with E-state index in [4.69, 9.17) is 11.6 Å². The lowest BCUT2D eigenvalue weighted by Crippen LogP contribution is -2.45. The van der Waals surface area contributed by atoms with Crippen molar-refractivity contribution in [3.63, 3.8) is 0 Å². The van der Waals surface area contributed by atoms with Crippen LogP contribution >= 0.6 is 23.4 Å². The lowest BCUT2D eigenvalue weighted by molar-refractivity contribution is -0.129. The highest BCUT2D eigenvalue weighted by molar-refractivity contribution is 8.15. The third-order valence-corrected chi connectivity index (χ3v) is 5.35. The maximum Gasteiger partial charge on any atom is 0.238 e. The van der Waals surface area contributed by atoms with Crippen molar-refractivity contribution < 1.29 is 14.0 Å². The van der Waals surface area contributed by atoms with E-state index in [-0.39, 0.29) is 18.2 Å². The van der Waals surface area contributed by atoms with Crippen molar-refractivity contribution in [2.45, 2.75) is 11.7 Å². The van der Waals surface area contributed by atoms with Crippen LogP contribution in [0.4, 0.5) is 15.8 Å². The van der Waals surface area contributed by atoms with Gasteiger partial charge in [0.15, 0.2) is 5.17 Å². The molecule has 1 aliphatic heterocycles. The smallest absolute Gasteiger partial charge is 0.238 e. The zero-order chi connectivity index (χ0) is 20.1. The molecule has 1 aliphatic rings. The summed E-state index contributed by atoms with van der Waals surface area (Å²) in [5.41, 5.74) is 1.08. The van der Waals surface area contributed by atoms with Crippen LogP contribution in [0.15, 0.2) is 66.2 Å². The summed E-state index contributed by atoms with van der Waals surface area (Å²) in [6, 6.07) is 12.3. The van der Waals surface area contributed by atoms with Crippen LogP contribution in [0, 0.1) is 5.82 Å². The maximum atomic E-state index is 13.0. The minimum atomic E-state index is -0.648. The molecule has 144 valence electrons. The maximum absolute atomic E-state index is 13.0. The number of aliphatic imine (C=N–C) groups is 1. The molecule has 1 heterocycles. The molecule has 2 aromatic carbocycles. The Bertz CT molecular complexity index is 916. The molecule has 1 atom stereocenters. The molecule has 0 radical (unpaired) electrons. The van der Waals surface area contributed by atoms with E-state index in [1.165, 1.54) is 40.9 Å². The predicted molar refractivity (Wildman–Crippen MR) is 111 cm³/mol. The molecule has 2 amide bonds. The molecule has 1 N–H and O–H groups in total. The van der Waals surface area contributed by atoms with Crippen LogP contribution in [0.25, 0.3) is 0 Å². The minimum absolute atomic E-state index is 0.0329. The van der Waals surface area contributed by atoms with Gasteiger partial charge in [0, 0.05) is 23.7 Å². The van der Waals surface area contributed by atoms with Gasteiger partial charge in [-0.3, -0.25) is 14.5 Å². The van der Waals surface area contributed by atoms with Crippen molar-refractivity contribution >= 4 is 51.7 Å². The van der Waals surface area contributed by atoms with Gasteiger partial charge in [-0.1, -0.05) is 29.4 Å². The lowest BCUT2D eigenvalue weighted by atomic mass is 10.2. The summed E-state index contributed by atoms with van der Waals surface area (Å²) in [4.78, 5) is 31.2. The predicted octanol–water partition coefficient (Wildman–Crippen LogP) is 4.63. The van der Waals surface area contributed by atoms with Gasteiger partial charge in [0.05, 0.1) is 5.69 Å². The first-order valence-corrected chi connectivity index (χ1v) is 9.70. The zero-order valence-corrected chi connectivity index (χ0v) is 16.3. The summed E-state index contributed by atoms with van der Waals surface area (Å²) in [5.74, 6) is -0.949. The van der Waals surface area contributed by atoms with Crippen LogP contribution in [0.5, 0.6) is 0 Å². The van der Waals surface area contributed by atoms with Gasteiger partial charge in [-0.05, 0) is 48.5 Å². The third-order valence-electron chi connectivity index (χ3n) is 3.91. The first-order chi connectivity index (χ1) is 13.5. The summed E-state index contributed by atoms with van der Waals surface area (Å²) in [5, 5.41) is 3.05. The lowest BCUT2D eigenvalue weighted by Gasteiger charge is -2.31. The molecule has 28 heavy (non-hydrogen) atoms. The van der Waals surface area contributed by atoms with Gasteiger partial charge < -0.3 is 5.32 Å². The summed E-state index contributed by atoms with van der Waals surface area (Å²) < 4.78 is 13.0. The summed E-state index contributed by atoms with van der Waals surface area (Å²) >= 11 is 7.10. The number of halogens is 2. The normalized spacial score (nSPS) is 18.2.